The normalized spacial score (nSPS) is 38.0. The summed E-state index contributed by atoms with van der Waals surface area (Å²) in [6, 6.07) is 1.31. The molecule has 2 aliphatic carbocycles. The van der Waals surface area contributed by atoms with Crippen LogP contribution in [0, 0.1) is 17.8 Å². The van der Waals surface area contributed by atoms with Gasteiger partial charge in [0.05, 0.1) is 0 Å². The first kappa shape index (κ1) is 14.3. The predicted molar refractivity (Wildman–Crippen MR) is 76.6 cm³/mol. The molecule has 0 amide bonds. The average Bonchev–Trinajstić information content (AvgIpc) is 2.65. The lowest BCUT2D eigenvalue weighted by Crippen LogP contribution is -2.41. The molecule has 106 valence electrons. The maximum atomic E-state index is 9.40. The van der Waals surface area contributed by atoms with Crippen LogP contribution in [0.5, 0.6) is 0 Å². The highest BCUT2D eigenvalue weighted by molar-refractivity contribution is 4.87. The molecule has 2 N–H and O–H groups in total. The Kier molecular flexibility index (Phi) is 5.50. The van der Waals surface area contributed by atoms with Crippen LogP contribution in [0.1, 0.15) is 65.2 Å². The van der Waals surface area contributed by atoms with Gasteiger partial charge >= 0.3 is 0 Å². The predicted octanol–water partition coefficient (Wildman–Crippen LogP) is 3.34. The molecule has 18 heavy (non-hydrogen) atoms. The van der Waals surface area contributed by atoms with Crippen LogP contribution in [0.25, 0.3) is 0 Å². The van der Waals surface area contributed by atoms with Crippen LogP contribution in [0.3, 0.4) is 0 Å². The summed E-state index contributed by atoms with van der Waals surface area (Å²) in [4.78, 5) is 0. The van der Waals surface area contributed by atoms with E-state index >= 15 is 0 Å². The number of hydrogen-bond donors (Lipinski definition) is 2. The van der Waals surface area contributed by atoms with E-state index in [0.717, 1.165) is 11.8 Å². The van der Waals surface area contributed by atoms with Gasteiger partial charge in [0.1, 0.15) is 0 Å². The van der Waals surface area contributed by atoms with Crippen molar-refractivity contribution in [1.82, 2.24) is 5.32 Å². The van der Waals surface area contributed by atoms with Crippen LogP contribution in [0.2, 0.25) is 0 Å². The van der Waals surface area contributed by atoms with E-state index in [1.807, 2.05) is 0 Å². The van der Waals surface area contributed by atoms with Crippen LogP contribution >= 0.6 is 0 Å². The van der Waals surface area contributed by atoms with Gasteiger partial charge in [-0.15, -0.1) is 0 Å². The van der Waals surface area contributed by atoms with Crippen molar-refractivity contribution in [2.45, 2.75) is 77.3 Å². The lowest BCUT2D eigenvalue weighted by atomic mass is 9.89. The summed E-state index contributed by atoms with van der Waals surface area (Å²) >= 11 is 0. The number of rotatable bonds is 4. The zero-order valence-electron chi connectivity index (χ0n) is 12.2. The highest BCUT2D eigenvalue weighted by atomic mass is 16.3. The molecule has 0 aliphatic heterocycles. The minimum atomic E-state index is 0.374. The van der Waals surface area contributed by atoms with Gasteiger partial charge in [0.15, 0.2) is 0 Å². The monoisotopic (exact) mass is 253 g/mol. The molecule has 2 nitrogen and oxygen atoms in total. The highest BCUT2D eigenvalue weighted by Crippen LogP contribution is 2.31. The highest BCUT2D eigenvalue weighted by Gasteiger charge is 2.29. The van der Waals surface area contributed by atoms with E-state index in [4.69, 9.17) is 0 Å². The first-order valence-corrected chi connectivity index (χ1v) is 8.07. The molecule has 0 saturated heterocycles. The molecular weight excluding hydrogens is 222 g/mol. The van der Waals surface area contributed by atoms with Crippen molar-refractivity contribution in [2.24, 2.45) is 17.8 Å². The lowest BCUT2D eigenvalue weighted by molar-refractivity contribution is 0.196. The lowest BCUT2D eigenvalue weighted by Gasteiger charge is -2.26. The van der Waals surface area contributed by atoms with Crippen molar-refractivity contribution in [3.63, 3.8) is 0 Å². The van der Waals surface area contributed by atoms with Crippen LogP contribution < -0.4 is 5.32 Å². The van der Waals surface area contributed by atoms with E-state index < -0.39 is 0 Å². The van der Waals surface area contributed by atoms with Gasteiger partial charge in [0, 0.05) is 18.7 Å². The standard InChI is InChI=1S/C16H31NO/c1-12(2)13-5-3-7-15(10-9-13)17-16-8-4-6-14(16)11-18/h12-18H,3-11H2,1-2H3. The molecule has 2 fully saturated rings. The molecule has 0 spiro atoms. The zero-order valence-corrected chi connectivity index (χ0v) is 12.2. The van der Waals surface area contributed by atoms with Crippen LogP contribution in [-0.2, 0) is 0 Å². The van der Waals surface area contributed by atoms with Gasteiger partial charge in [-0.1, -0.05) is 33.1 Å². The molecule has 0 bridgehead atoms. The summed E-state index contributed by atoms with van der Waals surface area (Å²) in [5, 5.41) is 13.3. The van der Waals surface area contributed by atoms with Crippen molar-refractivity contribution in [3.8, 4) is 0 Å². The fourth-order valence-corrected chi connectivity index (χ4v) is 3.94. The number of aliphatic hydroxyl groups excluding tert-OH is 1. The Hall–Kier alpha value is -0.0800. The molecule has 2 heteroatoms. The summed E-state index contributed by atoms with van der Waals surface area (Å²) in [6.07, 6.45) is 10.7. The summed E-state index contributed by atoms with van der Waals surface area (Å²) in [5.41, 5.74) is 0. The third-order valence-electron chi connectivity index (χ3n) is 5.30. The minimum Gasteiger partial charge on any atom is -0.396 e. The van der Waals surface area contributed by atoms with Gasteiger partial charge in [-0.2, -0.15) is 0 Å². The molecule has 4 atom stereocenters. The molecule has 0 heterocycles. The second kappa shape index (κ2) is 6.91. The summed E-state index contributed by atoms with van der Waals surface area (Å²) in [6.45, 7) is 5.12. The SMILES string of the molecule is CC(C)C1CCCC(NC2CCCC2CO)CC1. The van der Waals surface area contributed by atoms with Crippen LogP contribution in [0.15, 0.2) is 0 Å². The third kappa shape index (κ3) is 3.71. The van der Waals surface area contributed by atoms with Crippen LogP contribution in [0.4, 0.5) is 0 Å². The third-order valence-corrected chi connectivity index (χ3v) is 5.30. The second-order valence-corrected chi connectivity index (χ2v) is 6.86. The zero-order chi connectivity index (χ0) is 13.0. The Morgan fingerprint density at radius 3 is 2.50 bits per heavy atom. The summed E-state index contributed by atoms with van der Waals surface area (Å²) in [7, 11) is 0. The fraction of sp³-hybridized carbons (Fsp3) is 1.00. The average molecular weight is 253 g/mol. The Morgan fingerprint density at radius 1 is 1.00 bits per heavy atom. The quantitative estimate of drug-likeness (QED) is 0.753. The van der Waals surface area contributed by atoms with E-state index in [-0.39, 0.29) is 0 Å². The van der Waals surface area contributed by atoms with E-state index in [1.54, 1.807) is 0 Å². The van der Waals surface area contributed by atoms with Crippen molar-refractivity contribution in [3.05, 3.63) is 0 Å². The van der Waals surface area contributed by atoms with Crippen molar-refractivity contribution < 1.29 is 5.11 Å². The largest absolute Gasteiger partial charge is 0.396 e. The molecule has 0 aromatic heterocycles. The van der Waals surface area contributed by atoms with Crippen LogP contribution in [-0.4, -0.2) is 23.8 Å². The van der Waals surface area contributed by atoms with E-state index in [2.05, 4.69) is 19.2 Å². The summed E-state index contributed by atoms with van der Waals surface area (Å²) < 4.78 is 0. The van der Waals surface area contributed by atoms with Crippen molar-refractivity contribution >= 4 is 0 Å². The van der Waals surface area contributed by atoms with Gasteiger partial charge in [-0.05, 0) is 49.9 Å². The first-order chi connectivity index (χ1) is 8.70. The fourth-order valence-electron chi connectivity index (χ4n) is 3.94. The molecular formula is C16H31NO. The maximum Gasteiger partial charge on any atom is 0.0474 e. The van der Waals surface area contributed by atoms with Gasteiger partial charge in [-0.3, -0.25) is 0 Å². The van der Waals surface area contributed by atoms with E-state index in [9.17, 15) is 5.11 Å². The summed E-state index contributed by atoms with van der Waals surface area (Å²) in [5.74, 6) is 2.31. The Labute approximate surface area is 113 Å². The number of aliphatic hydroxyl groups is 1. The smallest absolute Gasteiger partial charge is 0.0474 e. The molecule has 4 unspecified atom stereocenters. The second-order valence-electron chi connectivity index (χ2n) is 6.86. The first-order valence-electron chi connectivity index (χ1n) is 8.07. The van der Waals surface area contributed by atoms with Gasteiger partial charge in [-0.25, -0.2) is 0 Å². The minimum absolute atomic E-state index is 0.374. The number of nitrogens with one attached hydrogen (secondary N) is 1. The Balaban J connectivity index is 1.79. The Bertz CT molecular complexity index is 241. The van der Waals surface area contributed by atoms with Gasteiger partial charge in [0.25, 0.3) is 0 Å². The van der Waals surface area contributed by atoms with E-state index in [1.165, 1.54) is 51.4 Å². The molecule has 2 rings (SSSR count). The molecule has 0 aromatic rings. The number of hydrogen-bond acceptors (Lipinski definition) is 2. The molecule has 0 radical (unpaired) electrons. The molecule has 2 saturated carbocycles. The molecule has 0 aromatic carbocycles. The Morgan fingerprint density at radius 2 is 1.78 bits per heavy atom. The topological polar surface area (TPSA) is 32.3 Å². The van der Waals surface area contributed by atoms with Gasteiger partial charge < -0.3 is 10.4 Å². The van der Waals surface area contributed by atoms with E-state index in [0.29, 0.717) is 24.6 Å². The van der Waals surface area contributed by atoms with Crippen molar-refractivity contribution in [2.75, 3.05) is 6.61 Å². The van der Waals surface area contributed by atoms with Gasteiger partial charge in [0.2, 0.25) is 0 Å². The molecule has 2 aliphatic rings. The maximum absolute atomic E-state index is 9.40. The van der Waals surface area contributed by atoms with Crippen molar-refractivity contribution in [1.29, 1.82) is 0 Å².